The minimum Gasteiger partial charge on any atom is -0.264 e. The first-order valence-corrected chi connectivity index (χ1v) is 12.4. The molecule has 1 fully saturated rings. The van der Waals surface area contributed by atoms with Crippen molar-refractivity contribution in [3.05, 3.63) is 83.2 Å². The Balaban J connectivity index is 1.33. The smallest absolute Gasteiger partial charge is 0.215 e. The minimum atomic E-state index is -3.44. The Kier molecular flexibility index (Phi) is 5.22. The van der Waals surface area contributed by atoms with Gasteiger partial charge in [-0.05, 0) is 78.1 Å². The molecule has 2 aromatic heterocycles. The fourth-order valence-corrected chi connectivity index (χ4v) is 6.20. The average Bonchev–Trinajstić information content (AvgIpc) is 3.31. The average molecular weight is 453 g/mol. The van der Waals surface area contributed by atoms with E-state index < -0.39 is 10.0 Å². The lowest BCUT2D eigenvalue weighted by Crippen LogP contribution is -2.38. The first kappa shape index (κ1) is 21.0. The number of benzene rings is 1. The van der Waals surface area contributed by atoms with Crippen LogP contribution in [-0.2, 0) is 22.2 Å². The number of nitrogens with zero attached hydrogens (tertiary/aromatic N) is 3. The third kappa shape index (κ3) is 3.89. The van der Waals surface area contributed by atoms with Gasteiger partial charge in [-0.25, -0.2) is 22.2 Å². The highest BCUT2D eigenvalue weighted by molar-refractivity contribution is 7.88. The van der Waals surface area contributed by atoms with Gasteiger partial charge in [-0.15, -0.1) is 0 Å². The van der Waals surface area contributed by atoms with Crippen LogP contribution in [0.1, 0.15) is 36.6 Å². The molecular formula is C24H25FN4O2S. The van der Waals surface area contributed by atoms with Crippen LogP contribution >= 0.6 is 0 Å². The zero-order chi connectivity index (χ0) is 22.3. The molecular weight excluding hydrogens is 427 g/mol. The molecule has 0 radical (unpaired) electrons. The molecule has 0 bridgehead atoms. The molecule has 2 heterocycles. The summed E-state index contributed by atoms with van der Waals surface area (Å²) in [7, 11) is -3.44. The molecule has 6 nitrogen and oxygen atoms in total. The lowest BCUT2D eigenvalue weighted by atomic mass is 9.70. The Labute approximate surface area is 187 Å². The molecule has 2 aliphatic carbocycles. The number of halogens is 1. The molecule has 32 heavy (non-hydrogen) atoms. The first-order chi connectivity index (χ1) is 15.3. The van der Waals surface area contributed by atoms with E-state index in [0.29, 0.717) is 12.1 Å². The molecule has 166 valence electrons. The van der Waals surface area contributed by atoms with Crippen LogP contribution in [-0.4, -0.2) is 29.7 Å². The number of pyridine rings is 1. The summed E-state index contributed by atoms with van der Waals surface area (Å²) in [5, 5.41) is 4.55. The van der Waals surface area contributed by atoms with Crippen LogP contribution in [0, 0.1) is 17.2 Å². The molecule has 1 aromatic carbocycles. The van der Waals surface area contributed by atoms with E-state index in [9.17, 15) is 12.8 Å². The highest BCUT2D eigenvalue weighted by Gasteiger charge is 2.45. The van der Waals surface area contributed by atoms with Crippen LogP contribution in [0.5, 0.6) is 0 Å². The molecule has 0 amide bonds. The number of fused-ring (bicyclic) bond motifs is 2. The Morgan fingerprint density at radius 1 is 1.22 bits per heavy atom. The third-order valence-corrected chi connectivity index (χ3v) is 8.17. The van der Waals surface area contributed by atoms with E-state index in [1.54, 1.807) is 36.7 Å². The van der Waals surface area contributed by atoms with Crippen molar-refractivity contribution >= 4 is 16.1 Å². The number of hydrogen-bond acceptors (Lipinski definition) is 4. The van der Waals surface area contributed by atoms with E-state index in [0.717, 1.165) is 36.2 Å². The highest BCUT2D eigenvalue weighted by Crippen LogP contribution is 2.52. The predicted octanol–water partition coefficient (Wildman–Crippen LogP) is 3.88. The summed E-state index contributed by atoms with van der Waals surface area (Å²) in [6.45, 7) is 2.64. The molecule has 0 spiro atoms. The highest BCUT2D eigenvalue weighted by atomic mass is 32.2. The molecule has 1 N–H and O–H groups in total. The van der Waals surface area contributed by atoms with Crippen molar-refractivity contribution in [3.8, 4) is 5.69 Å². The van der Waals surface area contributed by atoms with Crippen molar-refractivity contribution in [2.45, 2.75) is 31.9 Å². The number of sulfonamides is 1. The van der Waals surface area contributed by atoms with Gasteiger partial charge in [-0.2, -0.15) is 5.10 Å². The fourth-order valence-electron chi connectivity index (χ4n) is 5.03. The van der Waals surface area contributed by atoms with Gasteiger partial charge in [0, 0.05) is 18.9 Å². The minimum absolute atomic E-state index is 0.0679. The summed E-state index contributed by atoms with van der Waals surface area (Å²) in [5.74, 6) is -0.133. The van der Waals surface area contributed by atoms with Crippen molar-refractivity contribution in [1.82, 2.24) is 19.5 Å². The summed E-state index contributed by atoms with van der Waals surface area (Å²) in [5.41, 5.74) is 4.87. The van der Waals surface area contributed by atoms with Gasteiger partial charge in [0.05, 0.1) is 23.3 Å². The van der Waals surface area contributed by atoms with Crippen LogP contribution in [0.4, 0.5) is 4.39 Å². The lowest BCUT2D eigenvalue weighted by Gasteiger charge is -2.36. The Bertz CT molecular complexity index is 1270. The second-order valence-corrected chi connectivity index (χ2v) is 10.7. The van der Waals surface area contributed by atoms with E-state index in [4.69, 9.17) is 0 Å². The standard InChI is InChI=1S/C24H25FN4O2S/c1-24-12-18-14-27-29(22-8-6-21(25)7-9-22)23(18)11-19(24)4-5-20(24)15-28-32(30,31)16-17-3-2-10-26-13-17/h2-3,6-11,13-14,20,28H,4-5,12,15-16H2,1H3/t20-,24+/m1/s1. The van der Waals surface area contributed by atoms with E-state index >= 15 is 0 Å². The van der Waals surface area contributed by atoms with Crippen molar-refractivity contribution in [2.75, 3.05) is 6.54 Å². The quantitative estimate of drug-likeness (QED) is 0.616. The summed E-state index contributed by atoms with van der Waals surface area (Å²) < 4.78 is 43.2. The fraction of sp³-hybridized carbons (Fsp3) is 0.333. The van der Waals surface area contributed by atoms with Gasteiger partial charge in [0.1, 0.15) is 5.82 Å². The molecule has 5 rings (SSSR count). The molecule has 0 saturated heterocycles. The maximum atomic E-state index is 13.3. The van der Waals surface area contributed by atoms with Gasteiger partial charge in [0.2, 0.25) is 10.0 Å². The molecule has 0 aliphatic heterocycles. The number of allylic oxidation sites excluding steroid dienone is 1. The normalized spacial score (nSPS) is 22.3. The van der Waals surface area contributed by atoms with Gasteiger partial charge < -0.3 is 0 Å². The summed E-state index contributed by atoms with van der Waals surface area (Å²) in [6.07, 6.45) is 9.96. The van der Waals surface area contributed by atoms with Crippen molar-refractivity contribution in [1.29, 1.82) is 0 Å². The SMILES string of the molecule is C[C@]12Cc3cnn(-c4ccc(F)cc4)c3C=C1CC[C@@H]2CNS(=O)(=O)Cc1cccnc1. The van der Waals surface area contributed by atoms with Crippen LogP contribution in [0.2, 0.25) is 0 Å². The van der Waals surface area contributed by atoms with Crippen LogP contribution in [0.15, 0.2) is 60.6 Å². The summed E-state index contributed by atoms with van der Waals surface area (Å²) >= 11 is 0. The molecule has 2 atom stereocenters. The predicted molar refractivity (Wildman–Crippen MR) is 121 cm³/mol. The largest absolute Gasteiger partial charge is 0.264 e. The Morgan fingerprint density at radius 3 is 2.78 bits per heavy atom. The van der Waals surface area contributed by atoms with Gasteiger partial charge in [0.25, 0.3) is 0 Å². The zero-order valence-electron chi connectivity index (χ0n) is 17.8. The first-order valence-electron chi connectivity index (χ1n) is 10.7. The van der Waals surface area contributed by atoms with Gasteiger partial charge in [-0.1, -0.05) is 18.6 Å². The zero-order valence-corrected chi connectivity index (χ0v) is 18.6. The molecule has 8 heteroatoms. The Hall–Kier alpha value is -2.84. The topological polar surface area (TPSA) is 76.9 Å². The summed E-state index contributed by atoms with van der Waals surface area (Å²) in [6, 6.07) is 9.84. The maximum absolute atomic E-state index is 13.3. The summed E-state index contributed by atoms with van der Waals surface area (Å²) in [4.78, 5) is 3.99. The van der Waals surface area contributed by atoms with E-state index in [2.05, 4.69) is 27.8 Å². The third-order valence-electron chi connectivity index (χ3n) is 6.85. The second kappa shape index (κ2) is 7.94. The van der Waals surface area contributed by atoms with Crippen LogP contribution < -0.4 is 4.72 Å². The van der Waals surface area contributed by atoms with Crippen molar-refractivity contribution in [2.24, 2.45) is 11.3 Å². The second-order valence-electron chi connectivity index (χ2n) is 8.91. The number of rotatable bonds is 6. The van der Waals surface area contributed by atoms with E-state index in [1.165, 1.54) is 17.7 Å². The van der Waals surface area contributed by atoms with Crippen LogP contribution in [0.25, 0.3) is 11.8 Å². The lowest BCUT2D eigenvalue weighted by molar-refractivity contribution is 0.272. The van der Waals surface area contributed by atoms with Gasteiger partial charge >= 0.3 is 0 Å². The van der Waals surface area contributed by atoms with Crippen molar-refractivity contribution < 1.29 is 12.8 Å². The van der Waals surface area contributed by atoms with Gasteiger partial charge in [0.15, 0.2) is 0 Å². The monoisotopic (exact) mass is 452 g/mol. The number of aromatic nitrogens is 3. The maximum Gasteiger partial charge on any atom is 0.215 e. The van der Waals surface area contributed by atoms with E-state index in [-0.39, 0.29) is 22.9 Å². The number of hydrogen-bond donors (Lipinski definition) is 1. The van der Waals surface area contributed by atoms with E-state index in [1.807, 2.05) is 10.9 Å². The number of nitrogens with one attached hydrogen (secondary N) is 1. The molecule has 0 unspecified atom stereocenters. The van der Waals surface area contributed by atoms with Gasteiger partial charge in [-0.3, -0.25) is 4.98 Å². The molecule has 2 aliphatic rings. The molecule has 1 saturated carbocycles. The van der Waals surface area contributed by atoms with Crippen molar-refractivity contribution in [3.63, 3.8) is 0 Å². The molecule has 3 aromatic rings. The van der Waals surface area contributed by atoms with Crippen LogP contribution in [0.3, 0.4) is 0 Å². The Morgan fingerprint density at radius 2 is 2.03 bits per heavy atom.